The number of alkyl halides is 2. The second-order valence-corrected chi connectivity index (χ2v) is 2.23. The van der Waals surface area contributed by atoms with E-state index in [2.05, 4.69) is 0 Å². The SMILES string of the molecule is FC1=C(F)C(F)=C(F)C(F)(F)C1. The van der Waals surface area contributed by atoms with E-state index in [0.717, 1.165) is 0 Å². The van der Waals surface area contributed by atoms with Crippen LogP contribution < -0.4 is 0 Å². The lowest BCUT2D eigenvalue weighted by Crippen LogP contribution is -2.22. The van der Waals surface area contributed by atoms with Crippen LogP contribution in [0.1, 0.15) is 6.42 Å². The van der Waals surface area contributed by atoms with Crippen LogP contribution in [0.5, 0.6) is 0 Å². The van der Waals surface area contributed by atoms with Gasteiger partial charge in [0.2, 0.25) is 5.83 Å². The highest BCUT2D eigenvalue weighted by molar-refractivity contribution is 5.33. The molecule has 12 heavy (non-hydrogen) atoms. The standard InChI is InChI=1S/C6H2F6/c7-2-1-6(11,12)5(10)4(9)3(2)8/h1H2. The first kappa shape index (κ1) is 9.15. The fourth-order valence-electron chi connectivity index (χ4n) is 0.726. The van der Waals surface area contributed by atoms with Gasteiger partial charge in [0, 0.05) is 0 Å². The third-order valence-electron chi connectivity index (χ3n) is 1.32. The largest absolute Gasteiger partial charge is 0.308 e. The van der Waals surface area contributed by atoms with E-state index in [1.807, 2.05) is 0 Å². The highest BCUT2D eigenvalue weighted by Crippen LogP contribution is 2.43. The van der Waals surface area contributed by atoms with E-state index < -0.39 is 35.7 Å². The normalized spacial score (nSPS) is 23.5. The minimum absolute atomic E-state index is 1.77. The zero-order valence-electron chi connectivity index (χ0n) is 5.47. The van der Waals surface area contributed by atoms with E-state index in [-0.39, 0.29) is 0 Å². The van der Waals surface area contributed by atoms with E-state index in [4.69, 9.17) is 0 Å². The highest BCUT2D eigenvalue weighted by Gasteiger charge is 2.45. The van der Waals surface area contributed by atoms with Gasteiger partial charge in [-0.05, 0) is 0 Å². The second kappa shape index (κ2) is 2.53. The molecular formula is C6H2F6. The Balaban J connectivity index is 3.20. The molecule has 1 aliphatic rings. The van der Waals surface area contributed by atoms with Crippen molar-refractivity contribution in [3.8, 4) is 0 Å². The maximum absolute atomic E-state index is 12.2. The van der Waals surface area contributed by atoms with Crippen LogP contribution in [0.3, 0.4) is 0 Å². The molecule has 0 fully saturated rings. The fourth-order valence-corrected chi connectivity index (χ4v) is 0.726. The first-order chi connectivity index (χ1) is 5.36. The predicted molar refractivity (Wildman–Crippen MR) is 28.0 cm³/mol. The summed E-state index contributed by atoms with van der Waals surface area (Å²) in [5, 5.41) is 0. The zero-order chi connectivity index (χ0) is 9.52. The molecule has 0 aliphatic heterocycles. The van der Waals surface area contributed by atoms with Crippen molar-refractivity contribution in [2.24, 2.45) is 0 Å². The van der Waals surface area contributed by atoms with Gasteiger partial charge in [-0.1, -0.05) is 0 Å². The molecule has 0 amide bonds. The number of hydrogen-bond donors (Lipinski definition) is 0. The quantitative estimate of drug-likeness (QED) is 0.511. The smallest absolute Gasteiger partial charge is 0.208 e. The van der Waals surface area contributed by atoms with Gasteiger partial charge in [0.05, 0.1) is 6.42 Å². The van der Waals surface area contributed by atoms with E-state index in [1.54, 1.807) is 0 Å². The monoisotopic (exact) mass is 188 g/mol. The molecule has 0 aromatic rings. The Labute approximate surface area is 63.2 Å². The molecule has 0 N–H and O–H groups in total. The van der Waals surface area contributed by atoms with Crippen LogP contribution in [-0.4, -0.2) is 5.92 Å². The van der Waals surface area contributed by atoms with Gasteiger partial charge in [0.15, 0.2) is 11.7 Å². The molecular weight excluding hydrogens is 186 g/mol. The molecule has 0 spiro atoms. The zero-order valence-corrected chi connectivity index (χ0v) is 5.47. The van der Waals surface area contributed by atoms with Crippen molar-refractivity contribution in [3.63, 3.8) is 0 Å². The molecule has 0 aromatic heterocycles. The summed E-state index contributed by atoms with van der Waals surface area (Å²) in [6, 6.07) is 0. The average Bonchev–Trinajstić information content (AvgIpc) is 1.97. The molecule has 0 nitrogen and oxygen atoms in total. The van der Waals surface area contributed by atoms with Gasteiger partial charge in [-0.2, -0.15) is 8.78 Å². The van der Waals surface area contributed by atoms with Crippen LogP contribution in [0.25, 0.3) is 0 Å². The molecule has 1 aliphatic carbocycles. The summed E-state index contributed by atoms with van der Waals surface area (Å²) in [5.41, 5.74) is 0. The molecule has 1 rings (SSSR count). The molecule has 0 heterocycles. The first-order valence-electron chi connectivity index (χ1n) is 2.84. The van der Waals surface area contributed by atoms with Crippen molar-refractivity contribution < 1.29 is 26.3 Å². The van der Waals surface area contributed by atoms with Crippen molar-refractivity contribution in [1.29, 1.82) is 0 Å². The number of halogens is 6. The Kier molecular flexibility index (Phi) is 1.93. The summed E-state index contributed by atoms with van der Waals surface area (Å²) >= 11 is 0. The Morgan fingerprint density at radius 2 is 1.42 bits per heavy atom. The Morgan fingerprint density at radius 1 is 0.917 bits per heavy atom. The lowest BCUT2D eigenvalue weighted by atomic mass is 10.1. The molecule has 0 aromatic carbocycles. The minimum atomic E-state index is -4.27. The summed E-state index contributed by atoms with van der Waals surface area (Å²) in [7, 11) is 0. The summed E-state index contributed by atoms with van der Waals surface area (Å²) in [6.45, 7) is 0. The van der Waals surface area contributed by atoms with Crippen molar-refractivity contribution in [3.05, 3.63) is 23.3 Å². The van der Waals surface area contributed by atoms with E-state index in [9.17, 15) is 26.3 Å². The molecule has 6 heteroatoms. The number of rotatable bonds is 0. The van der Waals surface area contributed by atoms with Crippen molar-refractivity contribution >= 4 is 0 Å². The molecule has 0 saturated carbocycles. The third kappa shape index (κ3) is 1.21. The lowest BCUT2D eigenvalue weighted by Gasteiger charge is -2.17. The highest BCUT2D eigenvalue weighted by atomic mass is 19.3. The van der Waals surface area contributed by atoms with Gasteiger partial charge in [-0.3, -0.25) is 0 Å². The van der Waals surface area contributed by atoms with E-state index in [1.165, 1.54) is 0 Å². The molecule has 0 bridgehead atoms. The van der Waals surface area contributed by atoms with Crippen LogP contribution >= 0.6 is 0 Å². The Hall–Kier alpha value is -0.940. The van der Waals surface area contributed by atoms with Gasteiger partial charge >= 0.3 is 5.92 Å². The molecule has 0 saturated heterocycles. The van der Waals surface area contributed by atoms with Crippen molar-refractivity contribution in [1.82, 2.24) is 0 Å². The maximum Gasteiger partial charge on any atom is 0.308 e. The van der Waals surface area contributed by atoms with Gasteiger partial charge in [0.1, 0.15) is 5.83 Å². The van der Waals surface area contributed by atoms with E-state index >= 15 is 0 Å². The second-order valence-electron chi connectivity index (χ2n) is 2.23. The lowest BCUT2D eigenvalue weighted by molar-refractivity contribution is 0.00487. The first-order valence-corrected chi connectivity index (χ1v) is 2.84. The number of allylic oxidation sites excluding steroid dienone is 4. The van der Waals surface area contributed by atoms with Crippen LogP contribution in [0.4, 0.5) is 26.3 Å². The van der Waals surface area contributed by atoms with Crippen molar-refractivity contribution in [2.75, 3.05) is 0 Å². The van der Waals surface area contributed by atoms with Crippen LogP contribution in [0, 0.1) is 0 Å². The molecule has 68 valence electrons. The maximum atomic E-state index is 12.2. The summed E-state index contributed by atoms with van der Waals surface area (Å²) in [6.07, 6.45) is -1.77. The minimum Gasteiger partial charge on any atom is -0.208 e. The molecule has 0 atom stereocenters. The fraction of sp³-hybridized carbons (Fsp3) is 0.333. The van der Waals surface area contributed by atoms with Gasteiger partial charge < -0.3 is 0 Å². The molecule has 0 radical (unpaired) electrons. The van der Waals surface area contributed by atoms with Gasteiger partial charge in [-0.15, -0.1) is 0 Å². The predicted octanol–water partition coefficient (Wildman–Crippen LogP) is 3.33. The molecule has 0 unspecified atom stereocenters. The third-order valence-corrected chi connectivity index (χ3v) is 1.32. The van der Waals surface area contributed by atoms with Crippen LogP contribution in [-0.2, 0) is 0 Å². The van der Waals surface area contributed by atoms with Crippen LogP contribution in [0.15, 0.2) is 23.3 Å². The topological polar surface area (TPSA) is 0 Å². The van der Waals surface area contributed by atoms with Gasteiger partial charge in [-0.25, -0.2) is 17.6 Å². The summed E-state index contributed by atoms with van der Waals surface area (Å²) in [5.74, 6) is -13.4. The summed E-state index contributed by atoms with van der Waals surface area (Å²) in [4.78, 5) is 0. The average molecular weight is 188 g/mol. The van der Waals surface area contributed by atoms with Gasteiger partial charge in [0.25, 0.3) is 0 Å². The van der Waals surface area contributed by atoms with E-state index in [0.29, 0.717) is 0 Å². The van der Waals surface area contributed by atoms with Crippen LogP contribution in [0.2, 0.25) is 0 Å². The van der Waals surface area contributed by atoms with Crippen molar-refractivity contribution in [2.45, 2.75) is 12.3 Å². The number of hydrogen-bond acceptors (Lipinski definition) is 0. The summed E-state index contributed by atoms with van der Waals surface area (Å²) < 4.78 is 72.6. The Morgan fingerprint density at radius 3 is 1.92 bits per heavy atom. The Bertz CT molecular complexity index is 274.